The molecule has 1 fully saturated rings. The summed E-state index contributed by atoms with van der Waals surface area (Å²) in [7, 11) is 0. The van der Waals surface area contributed by atoms with E-state index in [1.54, 1.807) is 6.20 Å². The van der Waals surface area contributed by atoms with Crippen LogP contribution in [-0.4, -0.2) is 47.3 Å². The van der Waals surface area contributed by atoms with Gasteiger partial charge in [-0.05, 0) is 17.7 Å². The van der Waals surface area contributed by atoms with Gasteiger partial charge in [-0.1, -0.05) is 30.3 Å². The third kappa shape index (κ3) is 3.71. The third-order valence-electron chi connectivity index (χ3n) is 3.86. The van der Waals surface area contributed by atoms with E-state index in [4.69, 9.17) is 9.84 Å². The first-order chi connectivity index (χ1) is 11.2. The number of carbonyl (C=O) groups is 1. The van der Waals surface area contributed by atoms with Gasteiger partial charge in [0.25, 0.3) is 0 Å². The van der Waals surface area contributed by atoms with Crippen LogP contribution in [-0.2, 0) is 6.61 Å². The molecule has 0 atom stereocenters. The van der Waals surface area contributed by atoms with Crippen molar-refractivity contribution >= 4 is 11.8 Å². The quantitative estimate of drug-likeness (QED) is 0.939. The van der Waals surface area contributed by atoms with E-state index in [0.29, 0.717) is 38.7 Å². The highest BCUT2D eigenvalue weighted by atomic mass is 16.5. The molecule has 1 aliphatic rings. The fraction of sp³-hybridized carbons (Fsp3) is 0.294. The Hall–Kier alpha value is -2.76. The Labute approximate surface area is 134 Å². The number of ether oxygens (including phenoxy) is 1. The predicted octanol–water partition coefficient (Wildman–Crippen LogP) is 2.46. The molecule has 2 aromatic rings. The number of benzene rings is 1. The maximum atomic E-state index is 11.0. The lowest BCUT2D eigenvalue weighted by atomic mass is 10.2. The Balaban J connectivity index is 1.67. The number of hydrogen-bond donors (Lipinski definition) is 1. The van der Waals surface area contributed by atoms with E-state index < -0.39 is 6.09 Å². The molecule has 1 saturated heterocycles. The lowest BCUT2D eigenvalue weighted by Gasteiger charge is -2.34. The van der Waals surface area contributed by atoms with Crippen LogP contribution in [0.5, 0.6) is 5.88 Å². The summed E-state index contributed by atoms with van der Waals surface area (Å²) >= 11 is 0. The predicted molar refractivity (Wildman–Crippen MR) is 86.8 cm³/mol. The van der Waals surface area contributed by atoms with E-state index in [1.165, 1.54) is 4.90 Å². The SMILES string of the molecule is O=C(O)N1CCN(c2cccnc2OCc2ccccc2)CC1. The minimum Gasteiger partial charge on any atom is -0.471 e. The summed E-state index contributed by atoms with van der Waals surface area (Å²) in [6, 6.07) is 13.8. The van der Waals surface area contributed by atoms with E-state index in [0.717, 1.165) is 11.3 Å². The average Bonchev–Trinajstić information content (AvgIpc) is 2.61. The molecule has 6 nitrogen and oxygen atoms in total. The van der Waals surface area contributed by atoms with Crippen LogP contribution in [0.15, 0.2) is 48.7 Å². The van der Waals surface area contributed by atoms with Gasteiger partial charge in [-0.15, -0.1) is 0 Å². The number of pyridine rings is 1. The zero-order chi connectivity index (χ0) is 16.1. The molecule has 120 valence electrons. The molecule has 6 heteroatoms. The van der Waals surface area contributed by atoms with E-state index >= 15 is 0 Å². The van der Waals surface area contributed by atoms with E-state index in [2.05, 4.69) is 9.88 Å². The molecule has 0 spiro atoms. The van der Waals surface area contributed by atoms with Crippen LogP contribution in [0.4, 0.5) is 10.5 Å². The number of piperazine rings is 1. The van der Waals surface area contributed by atoms with E-state index in [9.17, 15) is 4.79 Å². The molecular formula is C17H19N3O3. The Morgan fingerprint density at radius 3 is 2.52 bits per heavy atom. The van der Waals surface area contributed by atoms with Crippen LogP contribution in [0.1, 0.15) is 5.56 Å². The minimum absolute atomic E-state index is 0.458. The van der Waals surface area contributed by atoms with Crippen molar-refractivity contribution in [3.8, 4) is 5.88 Å². The van der Waals surface area contributed by atoms with Gasteiger partial charge < -0.3 is 19.6 Å². The van der Waals surface area contributed by atoms with E-state index in [-0.39, 0.29) is 0 Å². The fourth-order valence-electron chi connectivity index (χ4n) is 2.60. The number of nitrogens with zero attached hydrogens (tertiary/aromatic N) is 3. The van der Waals surface area contributed by atoms with Crippen molar-refractivity contribution in [2.75, 3.05) is 31.1 Å². The van der Waals surface area contributed by atoms with Crippen molar-refractivity contribution < 1.29 is 14.6 Å². The van der Waals surface area contributed by atoms with Gasteiger partial charge in [-0.2, -0.15) is 0 Å². The lowest BCUT2D eigenvalue weighted by molar-refractivity contribution is 0.142. The molecule has 1 aromatic heterocycles. The maximum absolute atomic E-state index is 11.0. The van der Waals surface area contributed by atoms with E-state index in [1.807, 2.05) is 42.5 Å². The Kier molecular flexibility index (Phi) is 4.61. The number of amides is 1. The highest BCUT2D eigenvalue weighted by Crippen LogP contribution is 2.27. The second-order valence-electron chi connectivity index (χ2n) is 5.36. The maximum Gasteiger partial charge on any atom is 0.407 e. The Bertz CT molecular complexity index is 655. The fourth-order valence-corrected chi connectivity index (χ4v) is 2.60. The second kappa shape index (κ2) is 7.00. The molecular weight excluding hydrogens is 294 g/mol. The van der Waals surface area contributed by atoms with Gasteiger partial charge in [-0.3, -0.25) is 0 Å². The van der Waals surface area contributed by atoms with Crippen LogP contribution in [0.25, 0.3) is 0 Å². The molecule has 3 rings (SSSR count). The summed E-state index contributed by atoms with van der Waals surface area (Å²) in [6.07, 6.45) is 0.841. The van der Waals surface area contributed by atoms with Gasteiger partial charge in [-0.25, -0.2) is 9.78 Å². The van der Waals surface area contributed by atoms with Crippen molar-refractivity contribution in [1.82, 2.24) is 9.88 Å². The molecule has 0 bridgehead atoms. The summed E-state index contributed by atoms with van der Waals surface area (Å²) in [6.45, 7) is 2.71. The van der Waals surface area contributed by atoms with Crippen LogP contribution < -0.4 is 9.64 Å². The molecule has 0 saturated carbocycles. The van der Waals surface area contributed by atoms with Gasteiger partial charge in [0.05, 0.1) is 5.69 Å². The standard InChI is InChI=1S/C17H19N3O3/c21-17(22)20-11-9-19(10-12-20)15-7-4-8-18-16(15)23-13-14-5-2-1-3-6-14/h1-8H,9-13H2,(H,21,22). The highest BCUT2D eigenvalue weighted by Gasteiger charge is 2.22. The Morgan fingerprint density at radius 2 is 1.83 bits per heavy atom. The van der Waals surface area contributed by atoms with Crippen LogP contribution in [0.2, 0.25) is 0 Å². The monoisotopic (exact) mass is 313 g/mol. The van der Waals surface area contributed by atoms with Gasteiger partial charge in [0.15, 0.2) is 0 Å². The number of rotatable bonds is 4. The summed E-state index contributed by atoms with van der Waals surface area (Å²) in [4.78, 5) is 18.9. The molecule has 1 aliphatic heterocycles. The molecule has 23 heavy (non-hydrogen) atoms. The average molecular weight is 313 g/mol. The summed E-state index contributed by atoms with van der Waals surface area (Å²) in [5, 5.41) is 9.03. The molecule has 0 unspecified atom stereocenters. The van der Waals surface area contributed by atoms with Crippen molar-refractivity contribution in [3.63, 3.8) is 0 Å². The highest BCUT2D eigenvalue weighted by molar-refractivity contribution is 5.66. The normalized spacial score (nSPS) is 14.6. The van der Waals surface area contributed by atoms with Crippen molar-refractivity contribution in [2.24, 2.45) is 0 Å². The van der Waals surface area contributed by atoms with Crippen LogP contribution >= 0.6 is 0 Å². The summed E-state index contributed by atoms with van der Waals surface area (Å²) in [5.74, 6) is 0.583. The molecule has 1 N–H and O–H groups in total. The minimum atomic E-state index is -0.864. The van der Waals surface area contributed by atoms with Gasteiger partial charge in [0.1, 0.15) is 6.61 Å². The Morgan fingerprint density at radius 1 is 1.09 bits per heavy atom. The third-order valence-corrected chi connectivity index (χ3v) is 3.86. The van der Waals surface area contributed by atoms with Crippen molar-refractivity contribution in [3.05, 3.63) is 54.2 Å². The van der Waals surface area contributed by atoms with Gasteiger partial charge in [0.2, 0.25) is 5.88 Å². The van der Waals surface area contributed by atoms with Crippen molar-refractivity contribution in [2.45, 2.75) is 6.61 Å². The molecule has 0 aliphatic carbocycles. The molecule has 0 radical (unpaired) electrons. The number of hydrogen-bond acceptors (Lipinski definition) is 4. The smallest absolute Gasteiger partial charge is 0.407 e. The van der Waals surface area contributed by atoms with Gasteiger partial charge in [0, 0.05) is 32.4 Å². The van der Waals surface area contributed by atoms with Crippen LogP contribution in [0, 0.1) is 0 Å². The molecule has 2 heterocycles. The number of aromatic nitrogens is 1. The summed E-state index contributed by atoms with van der Waals surface area (Å²) in [5.41, 5.74) is 1.99. The largest absolute Gasteiger partial charge is 0.471 e. The topological polar surface area (TPSA) is 65.9 Å². The lowest BCUT2D eigenvalue weighted by Crippen LogP contribution is -2.48. The van der Waals surface area contributed by atoms with Gasteiger partial charge >= 0.3 is 6.09 Å². The van der Waals surface area contributed by atoms with Crippen molar-refractivity contribution in [1.29, 1.82) is 0 Å². The number of carboxylic acid groups (broad SMARTS) is 1. The van der Waals surface area contributed by atoms with Crippen LogP contribution in [0.3, 0.4) is 0 Å². The molecule has 1 amide bonds. The first-order valence-corrected chi connectivity index (χ1v) is 7.58. The molecule has 1 aromatic carbocycles. The first kappa shape index (κ1) is 15.1. The zero-order valence-electron chi connectivity index (χ0n) is 12.8. The summed E-state index contributed by atoms with van der Waals surface area (Å²) < 4.78 is 5.87. The number of anilines is 1. The first-order valence-electron chi connectivity index (χ1n) is 7.58. The zero-order valence-corrected chi connectivity index (χ0v) is 12.8. The second-order valence-corrected chi connectivity index (χ2v) is 5.36.